The number of benzene rings is 2. The predicted molar refractivity (Wildman–Crippen MR) is 110 cm³/mol. The summed E-state index contributed by atoms with van der Waals surface area (Å²) in [6.07, 6.45) is -8.51. The van der Waals surface area contributed by atoms with E-state index in [2.05, 4.69) is 10.1 Å². The maximum absolute atomic E-state index is 12.7. The van der Waals surface area contributed by atoms with Gasteiger partial charge in [0.1, 0.15) is 5.75 Å². The number of ether oxygens (including phenoxy) is 1. The van der Waals surface area contributed by atoms with E-state index in [1.54, 1.807) is 6.92 Å². The quantitative estimate of drug-likeness (QED) is 0.579. The summed E-state index contributed by atoms with van der Waals surface area (Å²) >= 11 is 0. The van der Waals surface area contributed by atoms with Crippen molar-refractivity contribution < 1.29 is 40.7 Å². The molecule has 1 N–H and O–H groups in total. The van der Waals surface area contributed by atoms with Crippen LogP contribution >= 0.6 is 0 Å². The Kier molecular flexibility index (Phi) is 7.42. The van der Waals surface area contributed by atoms with Gasteiger partial charge in [0.2, 0.25) is 5.91 Å². The molecule has 0 aromatic heterocycles. The second-order valence-corrected chi connectivity index (χ2v) is 7.99. The first-order valence-corrected chi connectivity index (χ1v) is 10.5. The highest BCUT2D eigenvalue weighted by molar-refractivity contribution is 5.94. The molecule has 2 aromatic rings. The zero-order chi connectivity index (χ0) is 25.1. The fourth-order valence-electron chi connectivity index (χ4n) is 3.70. The van der Waals surface area contributed by atoms with E-state index < -0.39 is 30.1 Å². The highest BCUT2D eigenvalue weighted by atomic mass is 19.4. The molecule has 2 amide bonds. The third-order valence-corrected chi connectivity index (χ3v) is 5.58. The molecule has 1 unspecified atom stereocenters. The van der Waals surface area contributed by atoms with Crippen LogP contribution in [-0.4, -0.2) is 36.2 Å². The molecular formula is C23H22F6N2O3. The molecule has 0 aliphatic carbocycles. The molecule has 0 bridgehead atoms. The summed E-state index contributed by atoms with van der Waals surface area (Å²) in [7, 11) is 0. The van der Waals surface area contributed by atoms with E-state index in [4.69, 9.17) is 0 Å². The molecule has 1 atom stereocenters. The summed E-state index contributed by atoms with van der Waals surface area (Å²) < 4.78 is 78.7. The van der Waals surface area contributed by atoms with Gasteiger partial charge >= 0.3 is 12.5 Å². The van der Waals surface area contributed by atoms with E-state index in [1.165, 1.54) is 17.0 Å². The number of likely N-dealkylation sites (tertiary alicyclic amines) is 1. The Labute approximate surface area is 191 Å². The molecule has 1 heterocycles. The average Bonchev–Trinajstić information content (AvgIpc) is 2.77. The minimum atomic E-state index is -4.79. The van der Waals surface area contributed by atoms with Crippen LogP contribution in [0, 0.1) is 5.92 Å². The minimum Gasteiger partial charge on any atom is -0.406 e. The Bertz CT molecular complexity index is 995. The second-order valence-electron chi connectivity index (χ2n) is 7.99. The number of hydrogen-bond acceptors (Lipinski definition) is 3. The molecular weight excluding hydrogens is 466 g/mol. The van der Waals surface area contributed by atoms with Crippen LogP contribution in [0.3, 0.4) is 0 Å². The number of piperidine rings is 1. The van der Waals surface area contributed by atoms with Gasteiger partial charge in [0, 0.05) is 24.6 Å². The lowest BCUT2D eigenvalue weighted by Crippen LogP contribution is -2.43. The van der Waals surface area contributed by atoms with Crippen molar-refractivity contribution in [3.05, 3.63) is 65.2 Å². The molecule has 11 heteroatoms. The number of carbonyl (C=O) groups is 2. The molecule has 0 spiro atoms. The molecule has 34 heavy (non-hydrogen) atoms. The molecule has 1 aliphatic rings. The van der Waals surface area contributed by atoms with Crippen molar-refractivity contribution >= 4 is 11.8 Å². The number of nitrogens with zero attached hydrogens (tertiary/aromatic N) is 1. The van der Waals surface area contributed by atoms with Crippen LogP contribution in [0.4, 0.5) is 26.3 Å². The van der Waals surface area contributed by atoms with Crippen molar-refractivity contribution in [3.8, 4) is 5.75 Å². The number of carbonyl (C=O) groups excluding carboxylic acids is 2. The zero-order valence-corrected chi connectivity index (χ0v) is 18.0. The third-order valence-electron chi connectivity index (χ3n) is 5.58. The number of alkyl halides is 6. The first kappa shape index (κ1) is 25.4. The summed E-state index contributed by atoms with van der Waals surface area (Å²) in [6, 6.07) is 8.71. The fourth-order valence-corrected chi connectivity index (χ4v) is 3.70. The summed E-state index contributed by atoms with van der Waals surface area (Å²) in [5, 5.41) is 2.82. The Balaban J connectivity index is 1.50. The molecule has 0 radical (unpaired) electrons. The van der Waals surface area contributed by atoms with Crippen LogP contribution in [0.25, 0.3) is 0 Å². The first-order valence-electron chi connectivity index (χ1n) is 10.5. The highest BCUT2D eigenvalue weighted by Gasteiger charge is 2.32. The normalized spacial score (nSPS) is 16.1. The minimum absolute atomic E-state index is 0.141. The molecule has 1 aliphatic heterocycles. The van der Waals surface area contributed by atoms with Gasteiger partial charge in [-0.3, -0.25) is 9.59 Å². The van der Waals surface area contributed by atoms with Gasteiger partial charge in [-0.05, 0) is 61.7 Å². The zero-order valence-electron chi connectivity index (χ0n) is 18.0. The summed E-state index contributed by atoms with van der Waals surface area (Å²) in [4.78, 5) is 26.7. The van der Waals surface area contributed by atoms with E-state index in [0.29, 0.717) is 18.4 Å². The first-order chi connectivity index (χ1) is 15.8. The van der Waals surface area contributed by atoms with Crippen LogP contribution in [-0.2, 0) is 11.0 Å². The molecule has 1 fully saturated rings. The van der Waals surface area contributed by atoms with Crippen molar-refractivity contribution in [2.45, 2.75) is 38.3 Å². The Morgan fingerprint density at radius 1 is 0.941 bits per heavy atom. The number of nitrogens with one attached hydrogen (secondary N) is 1. The Hall–Kier alpha value is -3.24. The monoisotopic (exact) mass is 488 g/mol. The van der Waals surface area contributed by atoms with Gasteiger partial charge in [-0.1, -0.05) is 12.1 Å². The lowest BCUT2D eigenvalue weighted by atomic mass is 9.94. The van der Waals surface area contributed by atoms with Crippen molar-refractivity contribution in [2.24, 2.45) is 5.92 Å². The smallest absolute Gasteiger partial charge is 0.406 e. The molecule has 3 rings (SSSR count). The lowest BCUT2D eigenvalue weighted by molar-refractivity contribution is -0.274. The molecule has 2 aromatic carbocycles. The summed E-state index contributed by atoms with van der Waals surface area (Å²) in [5.41, 5.74) is -0.101. The Morgan fingerprint density at radius 2 is 1.50 bits per heavy atom. The van der Waals surface area contributed by atoms with Gasteiger partial charge in [-0.15, -0.1) is 13.2 Å². The number of hydrogen-bond donors (Lipinski definition) is 1. The lowest BCUT2D eigenvalue weighted by Gasteiger charge is -2.32. The number of amides is 2. The van der Waals surface area contributed by atoms with Crippen LogP contribution in [0.5, 0.6) is 5.75 Å². The van der Waals surface area contributed by atoms with Gasteiger partial charge in [-0.2, -0.15) is 13.2 Å². The van der Waals surface area contributed by atoms with Gasteiger partial charge in [0.15, 0.2) is 0 Å². The van der Waals surface area contributed by atoms with E-state index in [1.807, 2.05) is 0 Å². The van der Waals surface area contributed by atoms with Crippen molar-refractivity contribution in [1.82, 2.24) is 10.2 Å². The highest BCUT2D eigenvalue weighted by Crippen LogP contribution is 2.30. The molecule has 5 nitrogen and oxygen atoms in total. The largest absolute Gasteiger partial charge is 0.573 e. The van der Waals surface area contributed by atoms with Crippen LogP contribution in [0.15, 0.2) is 48.5 Å². The number of rotatable bonds is 5. The van der Waals surface area contributed by atoms with Crippen molar-refractivity contribution in [2.75, 3.05) is 13.1 Å². The third kappa shape index (κ3) is 6.64. The van der Waals surface area contributed by atoms with Crippen LogP contribution < -0.4 is 10.1 Å². The SMILES string of the molecule is CC(NC(=O)C1CCN(C(=O)c2ccc(C(F)(F)F)cc2)CC1)c1ccc(OC(F)(F)F)cc1. The molecule has 0 saturated carbocycles. The maximum Gasteiger partial charge on any atom is 0.573 e. The molecule has 1 saturated heterocycles. The van der Waals surface area contributed by atoms with Gasteiger partial charge in [-0.25, -0.2) is 0 Å². The summed E-state index contributed by atoms with van der Waals surface area (Å²) in [6.45, 7) is 2.24. The average molecular weight is 488 g/mol. The van der Waals surface area contributed by atoms with Crippen LogP contribution in [0.1, 0.15) is 47.3 Å². The van der Waals surface area contributed by atoms with Crippen LogP contribution in [0.2, 0.25) is 0 Å². The standard InChI is InChI=1S/C23H22F6N2O3/c1-14(15-4-8-19(9-5-15)34-23(27,28)29)30-20(32)16-10-12-31(13-11-16)21(33)17-2-6-18(7-3-17)22(24,25)26/h2-9,14,16H,10-13H2,1H3,(H,30,32). The van der Waals surface area contributed by atoms with E-state index in [0.717, 1.165) is 36.4 Å². The summed E-state index contributed by atoms with van der Waals surface area (Å²) in [5.74, 6) is -1.38. The number of halogens is 6. The van der Waals surface area contributed by atoms with Crippen molar-refractivity contribution in [1.29, 1.82) is 0 Å². The predicted octanol–water partition coefficient (Wildman–Crippen LogP) is 5.33. The van der Waals surface area contributed by atoms with Gasteiger partial charge in [0.05, 0.1) is 11.6 Å². The van der Waals surface area contributed by atoms with E-state index >= 15 is 0 Å². The van der Waals surface area contributed by atoms with Gasteiger partial charge in [0.25, 0.3) is 5.91 Å². The van der Waals surface area contributed by atoms with Crippen molar-refractivity contribution in [3.63, 3.8) is 0 Å². The topological polar surface area (TPSA) is 58.6 Å². The fraction of sp³-hybridized carbons (Fsp3) is 0.391. The second kappa shape index (κ2) is 9.94. The molecule has 184 valence electrons. The Morgan fingerprint density at radius 3 is 2.00 bits per heavy atom. The van der Waals surface area contributed by atoms with E-state index in [-0.39, 0.29) is 36.2 Å². The maximum atomic E-state index is 12.7. The van der Waals surface area contributed by atoms with E-state index in [9.17, 15) is 35.9 Å². The van der Waals surface area contributed by atoms with Gasteiger partial charge < -0.3 is 15.0 Å².